The van der Waals surface area contributed by atoms with Gasteiger partial charge in [-0.05, 0) is 39.7 Å². The molecule has 1 fully saturated rings. The van der Waals surface area contributed by atoms with Crippen LogP contribution in [0.2, 0.25) is 0 Å². The predicted molar refractivity (Wildman–Crippen MR) is 76.0 cm³/mol. The van der Waals surface area contributed by atoms with E-state index in [1.165, 1.54) is 38.5 Å². The van der Waals surface area contributed by atoms with E-state index in [1.54, 1.807) is 0 Å². The molecule has 3 nitrogen and oxygen atoms in total. The number of nitrogens with one attached hydrogen (secondary N) is 1. The third-order valence-electron chi connectivity index (χ3n) is 3.58. The molecule has 0 saturated heterocycles. The highest BCUT2D eigenvalue weighted by Crippen LogP contribution is 2.31. The number of hydrogen-bond acceptors (Lipinski definition) is 3. The Morgan fingerprint density at radius 3 is 2.44 bits per heavy atom. The Kier molecular flexibility index (Phi) is 7.87. The summed E-state index contributed by atoms with van der Waals surface area (Å²) < 4.78 is 11.7. The van der Waals surface area contributed by atoms with E-state index in [4.69, 9.17) is 9.47 Å². The highest BCUT2D eigenvalue weighted by atomic mass is 16.5. The highest BCUT2D eigenvalue weighted by molar-refractivity contribution is 4.86. The molecular weight excluding hydrogens is 226 g/mol. The fourth-order valence-electron chi connectivity index (χ4n) is 2.60. The molecule has 0 aromatic carbocycles. The Morgan fingerprint density at radius 2 is 1.83 bits per heavy atom. The molecular formula is C15H31NO2. The zero-order valence-corrected chi connectivity index (χ0v) is 12.5. The lowest BCUT2D eigenvalue weighted by Gasteiger charge is -2.37. The lowest BCUT2D eigenvalue weighted by atomic mass is 9.84. The van der Waals surface area contributed by atoms with Crippen molar-refractivity contribution in [1.82, 2.24) is 5.32 Å². The van der Waals surface area contributed by atoms with E-state index in [1.807, 2.05) is 0 Å². The van der Waals surface area contributed by atoms with E-state index >= 15 is 0 Å². The van der Waals surface area contributed by atoms with Crippen LogP contribution in [-0.4, -0.2) is 38.0 Å². The molecule has 0 aromatic rings. The van der Waals surface area contributed by atoms with Gasteiger partial charge in [0.05, 0.1) is 24.9 Å². The van der Waals surface area contributed by atoms with E-state index in [9.17, 15) is 0 Å². The van der Waals surface area contributed by atoms with Crippen molar-refractivity contribution < 1.29 is 9.47 Å². The zero-order chi connectivity index (χ0) is 13.3. The number of ether oxygens (including phenoxy) is 2. The van der Waals surface area contributed by atoms with Gasteiger partial charge in [0.15, 0.2) is 0 Å². The first kappa shape index (κ1) is 15.9. The average molecular weight is 257 g/mol. The van der Waals surface area contributed by atoms with Gasteiger partial charge in [-0.15, -0.1) is 0 Å². The molecule has 1 saturated carbocycles. The minimum Gasteiger partial charge on any atom is -0.376 e. The highest BCUT2D eigenvalue weighted by Gasteiger charge is 2.32. The molecule has 1 rings (SSSR count). The van der Waals surface area contributed by atoms with Crippen LogP contribution in [0.1, 0.15) is 59.3 Å². The standard InChI is InChI=1S/C15H31NO2/c1-4-10-16-13-15(8-6-5-7-9-15)18-12-11-17-14(2)3/h14,16H,4-13H2,1-3H3. The Hall–Kier alpha value is -0.120. The Balaban J connectivity index is 2.29. The fourth-order valence-corrected chi connectivity index (χ4v) is 2.60. The largest absolute Gasteiger partial charge is 0.376 e. The number of hydrogen-bond donors (Lipinski definition) is 1. The molecule has 0 unspecified atom stereocenters. The van der Waals surface area contributed by atoms with Crippen molar-refractivity contribution in [2.45, 2.75) is 71.0 Å². The summed E-state index contributed by atoms with van der Waals surface area (Å²) in [5.74, 6) is 0. The first-order chi connectivity index (χ1) is 8.68. The monoisotopic (exact) mass is 257 g/mol. The second-order valence-electron chi connectivity index (χ2n) is 5.69. The van der Waals surface area contributed by atoms with Gasteiger partial charge in [-0.2, -0.15) is 0 Å². The SMILES string of the molecule is CCCNCC1(OCCOC(C)C)CCCCC1. The van der Waals surface area contributed by atoms with Gasteiger partial charge in [0.25, 0.3) is 0 Å². The van der Waals surface area contributed by atoms with Crippen molar-refractivity contribution in [3.05, 3.63) is 0 Å². The van der Waals surface area contributed by atoms with Gasteiger partial charge in [-0.25, -0.2) is 0 Å². The molecule has 1 aliphatic rings. The van der Waals surface area contributed by atoms with Gasteiger partial charge in [0.2, 0.25) is 0 Å². The van der Waals surface area contributed by atoms with Crippen molar-refractivity contribution >= 4 is 0 Å². The molecule has 0 heterocycles. The van der Waals surface area contributed by atoms with Crippen LogP contribution in [0.3, 0.4) is 0 Å². The van der Waals surface area contributed by atoms with Crippen molar-refractivity contribution in [1.29, 1.82) is 0 Å². The smallest absolute Gasteiger partial charge is 0.0807 e. The first-order valence-electron chi connectivity index (χ1n) is 7.65. The Labute approximate surface area is 113 Å². The maximum atomic E-state index is 6.18. The third kappa shape index (κ3) is 6.17. The van der Waals surface area contributed by atoms with Gasteiger partial charge < -0.3 is 14.8 Å². The molecule has 1 N–H and O–H groups in total. The third-order valence-corrected chi connectivity index (χ3v) is 3.58. The topological polar surface area (TPSA) is 30.5 Å². The summed E-state index contributed by atoms with van der Waals surface area (Å²) in [6.45, 7) is 9.88. The fraction of sp³-hybridized carbons (Fsp3) is 1.00. The molecule has 0 aromatic heterocycles. The van der Waals surface area contributed by atoms with Gasteiger partial charge in [0.1, 0.15) is 0 Å². The zero-order valence-electron chi connectivity index (χ0n) is 12.5. The summed E-state index contributed by atoms with van der Waals surface area (Å²) in [7, 11) is 0. The molecule has 3 heteroatoms. The van der Waals surface area contributed by atoms with E-state index in [0.717, 1.165) is 19.7 Å². The second kappa shape index (κ2) is 8.89. The van der Waals surface area contributed by atoms with Crippen LogP contribution in [0.5, 0.6) is 0 Å². The lowest BCUT2D eigenvalue weighted by Crippen LogP contribution is -2.45. The van der Waals surface area contributed by atoms with Gasteiger partial charge in [-0.1, -0.05) is 26.2 Å². The molecule has 1 aliphatic carbocycles. The van der Waals surface area contributed by atoms with Crippen LogP contribution < -0.4 is 5.32 Å². The van der Waals surface area contributed by atoms with Gasteiger partial charge >= 0.3 is 0 Å². The van der Waals surface area contributed by atoms with Crippen LogP contribution in [-0.2, 0) is 9.47 Å². The molecule has 0 bridgehead atoms. The van der Waals surface area contributed by atoms with Crippen LogP contribution in [0.4, 0.5) is 0 Å². The molecule has 0 aliphatic heterocycles. The summed E-state index contributed by atoms with van der Waals surface area (Å²) in [4.78, 5) is 0. The quantitative estimate of drug-likeness (QED) is 0.644. The lowest BCUT2D eigenvalue weighted by molar-refractivity contribution is -0.0914. The van der Waals surface area contributed by atoms with Crippen LogP contribution in [0.25, 0.3) is 0 Å². The average Bonchev–Trinajstić information content (AvgIpc) is 2.36. The summed E-state index contributed by atoms with van der Waals surface area (Å²) >= 11 is 0. The van der Waals surface area contributed by atoms with E-state index in [-0.39, 0.29) is 5.60 Å². The molecule has 108 valence electrons. The van der Waals surface area contributed by atoms with Crippen LogP contribution in [0.15, 0.2) is 0 Å². The molecule has 18 heavy (non-hydrogen) atoms. The summed E-state index contributed by atoms with van der Waals surface area (Å²) in [6.07, 6.45) is 7.86. The molecule has 0 spiro atoms. The minimum absolute atomic E-state index is 0.0771. The number of rotatable bonds is 9. The Morgan fingerprint density at radius 1 is 1.11 bits per heavy atom. The predicted octanol–water partition coefficient (Wildman–Crippen LogP) is 3.13. The van der Waals surface area contributed by atoms with Crippen molar-refractivity contribution in [3.63, 3.8) is 0 Å². The van der Waals surface area contributed by atoms with Crippen molar-refractivity contribution in [2.75, 3.05) is 26.3 Å². The minimum atomic E-state index is 0.0771. The normalized spacial score (nSPS) is 19.3. The van der Waals surface area contributed by atoms with Crippen LogP contribution in [0, 0.1) is 0 Å². The van der Waals surface area contributed by atoms with Crippen molar-refractivity contribution in [2.24, 2.45) is 0 Å². The van der Waals surface area contributed by atoms with E-state index < -0.39 is 0 Å². The molecule has 0 radical (unpaired) electrons. The van der Waals surface area contributed by atoms with Gasteiger partial charge in [-0.3, -0.25) is 0 Å². The Bertz CT molecular complexity index is 201. The maximum absolute atomic E-state index is 6.18. The van der Waals surface area contributed by atoms with Crippen molar-refractivity contribution in [3.8, 4) is 0 Å². The van der Waals surface area contributed by atoms with Gasteiger partial charge in [0, 0.05) is 6.54 Å². The summed E-state index contributed by atoms with van der Waals surface area (Å²) in [5.41, 5.74) is 0.0771. The van der Waals surface area contributed by atoms with E-state index in [0.29, 0.717) is 12.7 Å². The molecule has 0 atom stereocenters. The second-order valence-corrected chi connectivity index (χ2v) is 5.69. The summed E-state index contributed by atoms with van der Waals surface area (Å²) in [6, 6.07) is 0. The first-order valence-corrected chi connectivity index (χ1v) is 7.65. The summed E-state index contributed by atoms with van der Waals surface area (Å²) in [5, 5.41) is 3.53. The molecule has 0 amide bonds. The van der Waals surface area contributed by atoms with Crippen LogP contribution >= 0.6 is 0 Å². The van der Waals surface area contributed by atoms with E-state index in [2.05, 4.69) is 26.1 Å². The maximum Gasteiger partial charge on any atom is 0.0807 e.